The van der Waals surface area contributed by atoms with E-state index in [0.29, 0.717) is 5.57 Å². The molecule has 6 heteroatoms. The van der Waals surface area contributed by atoms with Gasteiger partial charge in [-0.3, -0.25) is 4.79 Å². The molecule has 0 N–H and O–H groups in total. The summed E-state index contributed by atoms with van der Waals surface area (Å²) < 4.78 is 39.5. The molecule has 1 aliphatic rings. The van der Waals surface area contributed by atoms with E-state index in [4.69, 9.17) is 0 Å². The van der Waals surface area contributed by atoms with Crippen LogP contribution in [0.2, 0.25) is 0 Å². The second kappa shape index (κ2) is 8.05. The van der Waals surface area contributed by atoms with Gasteiger partial charge in [-0.15, -0.1) is 0 Å². The summed E-state index contributed by atoms with van der Waals surface area (Å²) in [6.07, 6.45) is 1.98. The molecule has 1 atom stereocenters. The van der Waals surface area contributed by atoms with E-state index in [1.807, 2.05) is 30.3 Å². The Morgan fingerprint density at radius 2 is 1.74 bits per heavy atom. The lowest BCUT2D eigenvalue weighted by molar-refractivity contribution is -0.126. The lowest BCUT2D eigenvalue weighted by Crippen LogP contribution is -2.34. The van der Waals surface area contributed by atoms with Crippen molar-refractivity contribution in [1.29, 1.82) is 0 Å². The topological polar surface area (TPSA) is 54.5 Å². The zero-order valence-corrected chi connectivity index (χ0v) is 16.0. The van der Waals surface area contributed by atoms with Crippen molar-refractivity contribution in [2.24, 2.45) is 0 Å². The number of rotatable bonds is 3. The fourth-order valence-electron chi connectivity index (χ4n) is 3.34. The Hall–Kier alpha value is -2.47. The van der Waals surface area contributed by atoms with Crippen molar-refractivity contribution in [1.82, 2.24) is 4.90 Å². The summed E-state index contributed by atoms with van der Waals surface area (Å²) in [5, 5.41) is -0.921. The first-order chi connectivity index (χ1) is 12.9. The van der Waals surface area contributed by atoms with E-state index in [1.54, 1.807) is 24.0 Å². The molecule has 0 unspecified atom stereocenters. The molecule has 0 aliphatic carbocycles. The number of carbonyl (C=O) groups excluding carboxylic acids is 1. The Morgan fingerprint density at radius 3 is 2.44 bits per heavy atom. The molecule has 2 aromatic carbocycles. The van der Waals surface area contributed by atoms with Gasteiger partial charge in [0.15, 0.2) is 9.84 Å². The fraction of sp³-hybridized carbons (Fsp3) is 0.286. The number of amides is 1. The van der Waals surface area contributed by atoms with E-state index in [2.05, 4.69) is 0 Å². The van der Waals surface area contributed by atoms with E-state index in [-0.39, 0.29) is 36.7 Å². The maximum Gasteiger partial charge on any atom is 0.249 e. The Labute approximate surface area is 159 Å². The van der Waals surface area contributed by atoms with Crippen molar-refractivity contribution < 1.29 is 17.6 Å². The average Bonchev–Trinajstić information content (AvgIpc) is 2.80. The zero-order valence-electron chi connectivity index (χ0n) is 15.1. The molecule has 1 fully saturated rings. The second-order valence-electron chi connectivity index (χ2n) is 6.70. The molecule has 0 aromatic heterocycles. The monoisotopic (exact) mass is 387 g/mol. The van der Waals surface area contributed by atoms with Crippen LogP contribution >= 0.6 is 0 Å². The predicted molar refractivity (Wildman–Crippen MR) is 104 cm³/mol. The van der Waals surface area contributed by atoms with Crippen molar-refractivity contribution in [2.45, 2.75) is 18.6 Å². The Bertz CT molecular complexity index is 954. The molecule has 27 heavy (non-hydrogen) atoms. The van der Waals surface area contributed by atoms with Gasteiger partial charge in [0, 0.05) is 24.2 Å². The highest BCUT2D eigenvalue weighted by Gasteiger charge is 2.34. The van der Waals surface area contributed by atoms with Crippen molar-refractivity contribution >= 4 is 21.8 Å². The average molecular weight is 387 g/mol. The van der Waals surface area contributed by atoms with Crippen molar-refractivity contribution in [3.63, 3.8) is 0 Å². The number of sulfone groups is 1. The number of hydrogen-bond donors (Lipinski definition) is 0. The van der Waals surface area contributed by atoms with Crippen molar-refractivity contribution in [3.05, 3.63) is 77.1 Å². The molecular formula is C21H22FNO3S. The SMILES string of the molecule is C/C(=C\c1ccccc1)C(=O)N1CC[C@H](c2ccccc2F)S(=O)(=O)CC1. The summed E-state index contributed by atoms with van der Waals surface area (Å²) in [6.45, 7) is 2.12. The summed E-state index contributed by atoms with van der Waals surface area (Å²) in [6, 6.07) is 15.4. The largest absolute Gasteiger partial charge is 0.338 e. The van der Waals surface area contributed by atoms with Gasteiger partial charge < -0.3 is 4.90 Å². The van der Waals surface area contributed by atoms with Crippen LogP contribution in [0.1, 0.15) is 29.7 Å². The summed E-state index contributed by atoms with van der Waals surface area (Å²) >= 11 is 0. The lowest BCUT2D eigenvalue weighted by Gasteiger charge is -2.20. The van der Waals surface area contributed by atoms with E-state index in [9.17, 15) is 17.6 Å². The van der Waals surface area contributed by atoms with Crippen LogP contribution in [0.3, 0.4) is 0 Å². The third-order valence-corrected chi connectivity index (χ3v) is 6.91. The van der Waals surface area contributed by atoms with E-state index in [1.165, 1.54) is 18.2 Å². The summed E-state index contributed by atoms with van der Waals surface area (Å²) in [7, 11) is -3.54. The summed E-state index contributed by atoms with van der Waals surface area (Å²) in [5.41, 5.74) is 1.64. The maximum atomic E-state index is 14.1. The highest BCUT2D eigenvalue weighted by atomic mass is 32.2. The van der Waals surface area contributed by atoms with Crippen LogP contribution in [0.25, 0.3) is 6.08 Å². The molecule has 0 saturated carbocycles. The normalized spacial score (nSPS) is 20.1. The van der Waals surface area contributed by atoms with Gasteiger partial charge in [0.1, 0.15) is 5.82 Å². The fourth-order valence-corrected chi connectivity index (χ4v) is 5.14. The molecule has 3 rings (SSSR count). The zero-order chi connectivity index (χ0) is 19.4. The summed E-state index contributed by atoms with van der Waals surface area (Å²) in [4.78, 5) is 14.3. The van der Waals surface area contributed by atoms with Crippen LogP contribution in [-0.4, -0.2) is 38.1 Å². The van der Waals surface area contributed by atoms with Crippen LogP contribution in [0.15, 0.2) is 60.2 Å². The molecule has 0 radical (unpaired) electrons. The van der Waals surface area contributed by atoms with Crippen molar-refractivity contribution in [3.8, 4) is 0 Å². The van der Waals surface area contributed by atoms with Crippen LogP contribution in [0.4, 0.5) is 4.39 Å². The van der Waals surface area contributed by atoms with E-state index < -0.39 is 20.9 Å². The Morgan fingerprint density at radius 1 is 1.07 bits per heavy atom. The highest BCUT2D eigenvalue weighted by molar-refractivity contribution is 7.91. The minimum Gasteiger partial charge on any atom is -0.338 e. The number of nitrogens with zero attached hydrogens (tertiary/aromatic N) is 1. The lowest BCUT2D eigenvalue weighted by atomic mass is 10.1. The van der Waals surface area contributed by atoms with Gasteiger partial charge in [-0.2, -0.15) is 0 Å². The second-order valence-corrected chi connectivity index (χ2v) is 9.00. The molecule has 1 saturated heterocycles. The quantitative estimate of drug-likeness (QED) is 0.756. The molecule has 142 valence electrons. The number of carbonyl (C=O) groups is 1. The summed E-state index contributed by atoms with van der Waals surface area (Å²) in [5.74, 6) is -0.884. The molecule has 4 nitrogen and oxygen atoms in total. The minimum absolute atomic E-state index is 0.117. The van der Waals surface area contributed by atoms with Crippen LogP contribution in [0.5, 0.6) is 0 Å². The van der Waals surface area contributed by atoms with E-state index in [0.717, 1.165) is 5.56 Å². The Kier molecular flexibility index (Phi) is 5.75. The van der Waals surface area contributed by atoms with Crippen molar-refractivity contribution in [2.75, 3.05) is 18.8 Å². The van der Waals surface area contributed by atoms with E-state index >= 15 is 0 Å². The predicted octanol–water partition coefficient (Wildman–Crippen LogP) is 3.62. The molecule has 1 amide bonds. The first kappa shape index (κ1) is 19.3. The van der Waals surface area contributed by atoms with Crippen LogP contribution < -0.4 is 0 Å². The van der Waals surface area contributed by atoms with Gasteiger partial charge in [0.25, 0.3) is 0 Å². The minimum atomic E-state index is -3.54. The molecule has 0 spiro atoms. The van der Waals surface area contributed by atoms with Gasteiger partial charge in [-0.1, -0.05) is 48.5 Å². The van der Waals surface area contributed by atoms with Gasteiger partial charge in [0.05, 0.1) is 11.0 Å². The molecular weight excluding hydrogens is 365 g/mol. The van der Waals surface area contributed by atoms with Gasteiger partial charge in [-0.05, 0) is 31.1 Å². The smallest absolute Gasteiger partial charge is 0.249 e. The maximum absolute atomic E-state index is 14.1. The third kappa shape index (κ3) is 4.45. The third-order valence-electron chi connectivity index (χ3n) is 4.80. The molecule has 2 aromatic rings. The standard InChI is InChI=1S/C21H22FNO3S/c1-16(15-17-7-3-2-4-8-17)21(24)23-12-11-20(27(25,26)14-13-23)18-9-5-6-10-19(18)22/h2-10,15,20H,11-14H2,1H3/b16-15+/t20-/m1/s1. The molecule has 0 bridgehead atoms. The van der Waals surface area contributed by atoms with Gasteiger partial charge in [0.2, 0.25) is 5.91 Å². The first-order valence-corrected chi connectivity index (χ1v) is 10.6. The number of benzene rings is 2. The van der Waals surface area contributed by atoms with Gasteiger partial charge >= 0.3 is 0 Å². The van der Waals surface area contributed by atoms with Crippen LogP contribution in [0, 0.1) is 5.82 Å². The number of hydrogen-bond acceptors (Lipinski definition) is 3. The molecule has 1 aliphatic heterocycles. The highest BCUT2D eigenvalue weighted by Crippen LogP contribution is 2.31. The molecule has 1 heterocycles. The van der Waals surface area contributed by atoms with Crippen LogP contribution in [-0.2, 0) is 14.6 Å². The first-order valence-electron chi connectivity index (χ1n) is 8.87. The number of halogens is 1. The Balaban J connectivity index is 1.80. The van der Waals surface area contributed by atoms with Gasteiger partial charge in [-0.25, -0.2) is 12.8 Å².